The number of alkyl halides is 3. The molecule has 8 heteroatoms. The summed E-state index contributed by atoms with van der Waals surface area (Å²) < 4.78 is 61.7. The molecule has 2 N–H and O–H groups in total. The molecule has 1 aliphatic rings. The summed E-state index contributed by atoms with van der Waals surface area (Å²) in [6.45, 7) is 2.78. The number of halogens is 3. The monoisotopic (exact) mass is 322 g/mol. The van der Waals surface area contributed by atoms with E-state index >= 15 is 0 Å². The predicted octanol–water partition coefficient (Wildman–Crippen LogP) is 2.15. The maximum absolute atomic E-state index is 12.8. The van der Waals surface area contributed by atoms with Crippen LogP contribution in [0.15, 0.2) is 29.2 Å². The molecule has 1 aromatic rings. The van der Waals surface area contributed by atoms with Gasteiger partial charge in [0, 0.05) is 19.1 Å². The lowest BCUT2D eigenvalue weighted by atomic mass is 9.94. The summed E-state index contributed by atoms with van der Waals surface area (Å²) in [5, 5.41) is 0. The van der Waals surface area contributed by atoms with Crippen molar-refractivity contribution in [2.75, 3.05) is 18.0 Å². The number of rotatable bonds is 2. The summed E-state index contributed by atoms with van der Waals surface area (Å²) in [6.07, 6.45) is 0.613. The summed E-state index contributed by atoms with van der Waals surface area (Å²) in [4.78, 5) is 0.965. The Bertz CT molecular complexity index is 616. The summed E-state index contributed by atoms with van der Waals surface area (Å²) in [5.41, 5.74) is 0.673. The lowest BCUT2D eigenvalue weighted by Gasteiger charge is -2.37. The number of hydrogen-bond acceptors (Lipinski definition) is 4. The van der Waals surface area contributed by atoms with E-state index in [4.69, 9.17) is 5.73 Å². The van der Waals surface area contributed by atoms with Crippen molar-refractivity contribution >= 4 is 15.5 Å². The molecule has 1 saturated heterocycles. The third-order valence-electron chi connectivity index (χ3n) is 3.77. The fraction of sp³-hybridized carbons (Fsp3) is 0.538. The van der Waals surface area contributed by atoms with Gasteiger partial charge in [0.15, 0.2) is 0 Å². The van der Waals surface area contributed by atoms with E-state index in [1.54, 1.807) is 4.90 Å². The molecule has 1 heterocycles. The van der Waals surface area contributed by atoms with Crippen LogP contribution in [0.5, 0.6) is 0 Å². The number of nitrogens with zero attached hydrogens (tertiary/aromatic N) is 1. The zero-order valence-corrected chi connectivity index (χ0v) is 12.3. The summed E-state index contributed by atoms with van der Waals surface area (Å²) in [7, 11) is -5.36. The van der Waals surface area contributed by atoms with Gasteiger partial charge in [-0.3, -0.25) is 0 Å². The molecule has 0 bridgehead atoms. The average Bonchev–Trinajstić information content (AvgIpc) is 2.40. The molecule has 118 valence electrons. The molecular weight excluding hydrogens is 305 g/mol. The van der Waals surface area contributed by atoms with E-state index in [1.807, 2.05) is 6.92 Å². The molecule has 1 fully saturated rings. The number of hydrogen-bond donors (Lipinski definition) is 1. The van der Waals surface area contributed by atoms with Gasteiger partial charge in [-0.25, -0.2) is 8.42 Å². The van der Waals surface area contributed by atoms with Crippen molar-refractivity contribution in [2.24, 2.45) is 11.7 Å². The van der Waals surface area contributed by atoms with Gasteiger partial charge < -0.3 is 10.6 Å². The van der Waals surface area contributed by atoms with Gasteiger partial charge in [-0.05, 0) is 24.5 Å². The van der Waals surface area contributed by atoms with E-state index in [0.29, 0.717) is 19.5 Å². The Labute approximate surface area is 121 Å². The van der Waals surface area contributed by atoms with E-state index in [2.05, 4.69) is 0 Å². The Morgan fingerprint density at radius 2 is 1.90 bits per heavy atom. The minimum Gasteiger partial charge on any atom is -0.370 e. The van der Waals surface area contributed by atoms with Crippen LogP contribution >= 0.6 is 0 Å². The molecule has 0 amide bonds. The molecule has 0 saturated carbocycles. The Morgan fingerprint density at radius 1 is 1.29 bits per heavy atom. The van der Waals surface area contributed by atoms with Gasteiger partial charge >= 0.3 is 5.51 Å². The van der Waals surface area contributed by atoms with Gasteiger partial charge in [-0.15, -0.1) is 0 Å². The average molecular weight is 322 g/mol. The zero-order chi connectivity index (χ0) is 15.8. The standard InChI is InChI=1S/C13H17F3N2O2S/c1-9-8-18(7-6-10(9)17)11-4-2-3-5-12(11)21(19,20)13(14,15)16/h2-5,9-10H,6-8,17H2,1H3. The Morgan fingerprint density at radius 3 is 2.48 bits per heavy atom. The lowest BCUT2D eigenvalue weighted by Crippen LogP contribution is -2.46. The van der Waals surface area contributed by atoms with Crippen molar-refractivity contribution in [3.05, 3.63) is 24.3 Å². The normalized spacial score (nSPS) is 24.1. The van der Waals surface area contributed by atoms with Crippen LogP contribution < -0.4 is 10.6 Å². The Balaban J connectivity index is 2.44. The van der Waals surface area contributed by atoms with Crippen molar-refractivity contribution in [3.8, 4) is 0 Å². The van der Waals surface area contributed by atoms with E-state index in [9.17, 15) is 21.6 Å². The second-order valence-corrected chi connectivity index (χ2v) is 7.20. The smallest absolute Gasteiger partial charge is 0.370 e. The molecule has 0 aromatic heterocycles. The van der Waals surface area contributed by atoms with Crippen LogP contribution in [0.3, 0.4) is 0 Å². The Kier molecular flexibility index (Phi) is 4.21. The molecule has 0 radical (unpaired) electrons. The van der Waals surface area contributed by atoms with Gasteiger partial charge in [-0.2, -0.15) is 13.2 Å². The van der Waals surface area contributed by atoms with Crippen molar-refractivity contribution in [2.45, 2.75) is 29.8 Å². The fourth-order valence-electron chi connectivity index (χ4n) is 2.45. The van der Waals surface area contributed by atoms with Crippen LogP contribution in [0.2, 0.25) is 0 Å². The SMILES string of the molecule is CC1CN(c2ccccc2S(=O)(=O)C(F)(F)F)CCC1N. The maximum Gasteiger partial charge on any atom is 0.501 e. The van der Waals surface area contributed by atoms with Gasteiger partial charge in [0.1, 0.15) is 0 Å². The van der Waals surface area contributed by atoms with Crippen LogP contribution in [0, 0.1) is 5.92 Å². The highest BCUT2D eigenvalue weighted by atomic mass is 32.2. The number of benzene rings is 1. The first-order valence-corrected chi connectivity index (χ1v) is 8.04. The topological polar surface area (TPSA) is 63.4 Å². The largest absolute Gasteiger partial charge is 0.501 e. The number of piperidine rings is 1. The second kappa shape index (κ2) is 5.49. The molecule has 2 rings (SSSR count). The van der Waals surface area contributed by atoms with Gasteiger partial charge in [0.2, 0.25) is 0 Å². The second-order valence-electron chi connectivity index (χ2n) is 5.29. The van der Waals surface area contributed by atoms with E-state index < -0.39 is 20.2 Å². The molecule has 0 aliphatic carbocycles. The molecule has 1 aliphatic heterocycles. The molecule has 2 atom stereocenters. The minimum absolute atomic E-state index is 0.0207. The highest BCUT2D eigenvalue weighted by molar-refractivity contribution is 7.92. The highest BCUT2D eigenvalue weighted by Gasteiger charge is 2.48. The summed E-state index contributed by atoms with van der Waals surface area (Å²) in [5.74, 6) is 0.0837. The van der Waals surface area contributed by atoms with E-state index in [1.165, 1.54) is 18.2 Å². The van der Waals surface area contributed by atoms with Crippen LogP contribution in [0.4, 0.5) is 18.9 Å². The van der Waals surface area contributed by atoms with Gasteiger partial charge in [0.05, 0.1) is 10.6 Å². The van der Waals surface area contributed by atoms with Crippen LogP contribution in [-0.2, 0) is 9.84 Å². The third kappa shape index (κ3) is 3.01. The molecular formula is C13H17F3N2O2S. The van der Waals surface area contributed by atoms with Crippen LogP contribution in [0.25, 0.3) is 0 Å². The summed E-state index contributed by atoms with van der Waals surface area (Å²) in [6, 6.07) is 5.21. The van der Waals surface area contributed by atoms with E-state index in [0.717, 1.165) is 6.07 Å². The summed E-state index contributed by atoms with van der Waals surface area (Å²) >= 11 is 0. The molecule has 21 heavy (non-hydrogen) atoms. The van der Waals surface area contributed by atoms with Gasteiger partial charge in [-0.1, -0.05) is 19.1 Å². The van der Waals surface area contributed by atoms with Crippen molar-refractivity contribution in [1.29, 1.82) is 0 Å². The first kappa shape index (κ1) is 16.1. The fourth-order valence-corrected chi connectivity index (χ4v) is 3.43. The van der Waals surface area contributed by atoms with Crippen molar-refractivity contribution in [1.82, 2.24) is 0 Å². The molecule has 0 spiro atoms. The van der Waals surface area contributed by atoms with Crippen molar-refractivity contribution < 1.29 is 21.6 Å². The predicted molar refractivity (Wildman–Crippen MR) is 73.7 cm³/mol. The van der Waals surface area contributed by atoms with Crippen LogP contribution in [-0.4, -0.2) is 33.1 Å². The Hall–Kier alpha value is -1.28. The third-order valence-corrected chi connectivity index (χ3v) is 5.31. The number of nitrogens with two attached hydrogens (primary N) is 1. The maximum atomic E-state index is 12.8. The number of anilines is 1. The number of sulfone groups is 1. The molecule has 1 aromatic carbocycles. The highest BCUT2D eigenvalue weighted by Crippen LogP contribution is 2.36. The van der Waals surface area contributed by atoms with Gasteiger partial charge in [0.25, 0.3) is 9.84 Å². The van der Waals surface area contributed by atoms with Crippen LogP contribution in [0.1, 0.15) is 13.3 Å². The van der Waals surface area contributed by atoms with Crippen molar-refractivity contribution in [3.63, 3.8) is 0 Å². The molecule has 2 unspecified atom stereocenters. The zero-order valence-electron chi connectivity index (χ0n) is 11.5. The quantitative estimate of drug-likeness (QED) is 0.906. The minimum atomic E-state index is -5.36. The first-order valence-electron chi connectivity index (χ1n) is 6.55. The lowest BCUT2D eigenvalue weighted by molar-refractivity contribution is -0.0435. The van der Waals surface area contributed by atoms with E-state index in [-0.39, 0.29) is 17.6 Å². The first-order chi connectivity index (χ1) is 9.64. The molecule has 4 nitrogen and oxygen atoms in total. The number of para-hydroxylation sites is 1.